The van der Waals surface area contributed by atoms with Crippen molar-refractivity contribution >= 4 is 17.4 Å². The van der Waals surface area contributed by atoms with Gasteiger partial charge in [-0.05, 0) is 23.3 Å². The number of rotatable bonds is 6. The lowest BCUT2D eigenvalue weighted by Crippen LogP contribution is -2.37. The fourth-order valence-corrected chi connectivity index (χ4v) is 2.93. The Morgan fingerprint density at radius 1 is 1.33 bits per heavy atom. The summed E-state index contributed by atoms with van der Waals surface area (Å²) in [6, 6.07) is 3.64. The van der Waals surface area contributed by atoms with Crippen molar-refractivity contribution < 1.29 is 14.2 Å². The van der Waals surface area contributed by atoms with E-state index >= 15 is 0 Å². The summed E-state index contributed by atoms with van der Waals surface area (Å²) in [5.41, 5.74) is 10.3. The van der Waals surface area contributed by atoms with Crippen LogP contribution in [0.3, 0.4) is 0 Å². The van der Waals surface area contributed by atoms with Crippen LogP contribution in [0.4, 0.5) is 5.82 Å². The van der Waals surface area contributed by atoms with E-state index < -0.39 is 5.91 Å². The number of carbonyl (C=O) groups excluding carboxylic acids is 1. The molecule has 0 aromatic carbocycles. The van der Waals surface area contributed by atoms with E-state index in [9.17, 15) is 4.79 Å². The second-order valence-corrected chi connectivity index (χ2v) is 6.54. The van der Waals surface area contributed by atoms with Crippen molar-refractivity contribution in [3.8, 4) is 5.82 Å². The Kier molecular flexibility index (Phi) is 5.72. The summed E-state index contributed by atoms with van der Waals surface area (Å²) in [5, 5.41) is 19.5. The molecule has 1 fully saturated rings. The zero-order valence-electron chi connectivity index (χ0n) is 16.2. The first-order chi connectivity index (χ1) is 14.6. The molecule has 1 amide bonds. The lowest BCUT2D eigenvalue weighted by atomic mass is 10.2. The van der Waals surface area contributed by atoms with Gasteiger partial charge in [0.15, 0.2) is 5.69 Å². The number of hydrogen-bond acceptors (Lipinski definition) is 11. The summed E-state index contributed by atoms with van der Waals surface area (Å²) in [5.74, 6) is -0.303. The molecule has 4 heterocycles. The normalized spacial score (nSPS) is 15.3. The second-order valence-electron chi connectivity index (χ2n) is 6.54. The molecule has 1 aliphatic rings. The number of nitrogens with zero attached hydrogens (tertiary/aromatic N) is 8. The van der Waals surface area contributed by atoms with Crippen molar-refractivity contribution in [2.75, 3.05) is 32.0 Å². The van der Waals surface area contributed by atoms with Gasteiger partial charge in [0, 0.05) is 37.6 Å². The molecule has 0 saturated carbocycles. The predicted octanol–water partition coefficient (Wildman–Crippen LogP) is -0.386. The molecular weight excluding hydrogens is 392 g/mol. The maximum Gasteiger partial charge on any atom is 0.293 e. The molecule has 4 rings (SSSR count). The van der Waals surface area contributed by atoms with E-state index in [0.717, 1.165) is 5.56 Å². The average molecular weight is 412 g/mol. The molecule has 0 radical (unpaired) electrons. The molecule has 0 spiro atoms. The van der Waals surface area contributed by atoms with Gasteiger partial charge in [-0.2, -0.15) is 9.78 Å². The molecule has 3 aromatic rings. The van der Waals surface area contributed by atoms with E-state index in [-0.39, 0.29) is 17.3 Å². The van der Waals surface area contributed by atoms with Gasteiger partial charge in [-0.1, -0.05) is 11.3 Å². The lowest BCUT2D eigenvalue weighted by molar-refractivity contribution is 0.0332. The molecule has 0 aliphatic carbocycles. The maximum absolute atomic E-state index is 12.8. The molecule has 13 heteroatoms. The number of aromatic nitrogens is 6. The third-order valence-corrected chi connectivity index (χ3v) is 4.56. The van der Waals surface area contributed by atoms with Gasteiger partial charge in [0.05, 0.1) is 24.6 Å². The smallest absolute Gasteiger partial charge is 0.293 e. The highest BCUT2D eigenvalue weighted by molar-refractivity contribution is 6.00. The first-order valence-electron chi connectivity index (χ1n) is 9.21. The number of nitrogens with one attached hydrogen (secondary N) is 1. The van der Waals surface area contributed by atoms with Gasteiger partial charge < -0.3 is 10.5 Å². The highest BCUT2D eigenvalue weighted by Gasteiger charge is 2.26. The minimum atomic E-state index is -0.511. The third-order valence-electron chi connectivity index (χ3n) is 4.56. The van der Waals surface area contributed by atoms with Crippen molar-refractivity contribution in [1.82, 2.24) is 40.6 Å². The highest BCUT2D eigenvalue weighted by Crippen LogP contribution is 2.18. The Balaban J connectivity index is 1.61. The zero-order chi connectivity index (χ0) is 20.9. The summed E-state index contributed by atoms with van der Waals surface area (Å²) in [6.07, 6.45) is 3.32. The number of nitrogens with two attached hydrogens (primary N) is 1. The molecule has 3 N–H and O–H groups in total. The van der Waals surface area contributed by atoms with E-state index in [1.165, 1.54) is 4.68 Å². The van der Waals surface area contributed by atoms with Gasteiger partial charge in [0.2, 0.25) is 11.6 Å². The number of hydrogen-bond donors (Lipinski definition) is 2. The molecule has 30 heavy (non-hydrogen) atoms. The molecule has 13 nitrogen and oxygen atoms in total. The minimum absolute atomic E-state index is 0.0422. The summed E-state index contributed by atoms with van der Waals surface area (Å²) < 4.78 is 11.4. The van der Waals surface area contributed by atoms with Crippen molar-refractivity contribution in [3.05, 3.63) is 41.5 Å². The van der Waals surface area contributed by atoms with Gasteiger partial charge in [-0.15, -0.1) is 5.10 Å². The maximum atomic E-state index is 12.8. The van der Waals surface area contributed by atoms with E-state index in [1.54, 1.807) is 25.4 Å². The van der Waals surface area contributed by atoms with Crippen LogP contribution >= 0.6 is 0 Å². The number of amides is 1. The second kappa shape index (κ2) is 8.75. The molecule has 1 aliphatic heterocycles. The number of morpholine rings is 1. The van der Waals surface area contributed by atoms with E-state index in [0.29, 0.717) is 44.3 Å². The van der Waals surface area contributed by atoms with E-state index in [1.807, 2.05) is 6.07 Å². The molecule has 156 valence electrons. The summed E-state index contributed by atoms with van der Waals surface area (Å²) in [7, 11) is 0. The van der Waals surface area contributed by atoms with Gasteiger partial charge in [0.25, 0.3) is 5.91 Å². The lowest BCUT2D eigenvalue weighted by Gasteiger charge is -2.26. The van der Waals surface area contributed by atoms with Crippen LogP contribution in [0.2, 0.25) is 0 Å². The SMILES string of the molecule is CC(=NNC(=O)c1nnn(-c2nonc2N)c1CN1CCOCC1)c1cccnc1. The van der Waals surface area contributed by atoms with Crippen molar-refractivity contribution in [3.63, 3.8) is 0 Å². The van der Waals surface area contributed by atoms with Crippen LogP contribution in [0, 0.1) is 0 Å². The van der Waals surface area contributed by atoms with Crippen molar-refractivity contribution in [2.24, 2.45) is 5.10 Å². The fourth-order valence-electron chi connectivity index (χ4n) is 2.93. The standard InChI is InChI=1S/C17H20N10O3/c1-11(12-3-2-4-19-9-12)20-22-17(28)14-13(10-26-5-7-29-8-6-26)27(25-21-14)16-15(18)23-30-24-16/h2-4,9H,5-8,10H2,1H3,(H2,18,23)(H,22,28). The van der Waals surface area contributed by atoms with Crippen LogP contribution in [0.25, 0.3) is 5.82 Å². The Bertz CT molecular complexity index is 1040. The molecule has 1 saturated heterocycles. The first-order valence-corrected chi connectivity index (χ1v) is 9.21. The highest BCUT2D eigenvalue weighted by atomic mass is 16.6. The van der Waals surface area contributed by atoms with Gasteiger partial charge >= 0.3 is 0 Å². The third kappa shape index (κ3) is 4.16. The van der Waals surface area contributed by atoms with Crippen LogP contribution in [0.1, 0.15) is 28.7 Å². The Morgan fingerprint density at radius 2 is 2.17 bits per heavy atom. The van der Waals surface area contributed by atoms with Crippen molar-refractivity contribution in [2.45, 2.75) is 13.5 Å². The Morgan fingerprint density at radius 3 is 2.87 bits per heavy atom. The molecule has 0 atom stereocenters. The summed E-state index contributed by atoms with van der Waals surface area (Å²) in [6.45, 7) is 4.77. The zero-order valence-corrected chi connectivity index (χ0v) is 16.2. The number of ether oxygens (including phenoxy) is 1. The van der Waals surface area contributed by atoms with E-state index in [4.69, 9.17) is 10.5 Å². The average Bonchev–Trinajstić information content (AvgIpc) is 3.39. The number of hydrazone groups is 1. The fraction of sp³-hybridized carbons (Fsp3) is 0.353. The number of nitrogen functional groups attached to an aromatic ring is 1. The monoisotopic (exact) mass is 412 g/mol. The van der Waals surface area contributed by atoms with Gasteiger partial charge in [-0.3, -0.25) is 14.7 Å². The quantitative estimate of drug-likeness (QED) is 0.403. The number of anilines is 1. The molecule has 0 unspecified atom stereocenters. The van der Waals surface area contributed by atoms with Gasteiger partial charge in [0.1, 0.15) is 0 Å². The van der Waals surface area contributed by atoms with E-state index in [2.05, 4.69) is 45.7 Å². The largest absolute Gasteiger partial charge is 0.379 e. The van der Waals surface area contributed by atoms with Crippen molar-refractivity contribution in [1.29, 1.82) is 0 Å². The van der Waals surface area contributed by atoms with Crippen LogP contribution in [0.15, 0.2) is 34.3 Å². The topological polar surface area (TPSA) is 162 Å². The molecule has 3 aromatic heterocycles. The molecule has 0 bridgehead atoms. The molecular formula is C17H20N10O3. The predicted molar refractivity (Wildman–Crippen MR) is 104 cm³/mol. The summed E-state index contributed by atoms with van der Waals surface area (Å²) in [4.78, 5) is 19.0. The Labute approximate surface area is 170 Å². The van der Waals surface area contributed by atoms with Crippen LogP contribution in [-0.2, 0) is 11.3 Å². The van der Waals surface area contributed by atoms with Gasteiger partial charge in [-0.25, -0.2) is 10.1 Å². The Hall–Kier alpha value is -3.71. The number of carbonyl (C=O) groups is 1. The van der Waals surface area contributed by atoms with Crippen LogP contribution in [-0.4, -0.2) is 73.1 Å². The van der Waals surface area contributed by atoms with Crippen LogP contribution in [0.5, 0.6) is 0 Å². The number of pyridine rings is 1. The minimum Gasteiger partial charge on any atom is -0.379 e. The van der Waals surface area contributed by atoms with Crippen LogP contribution < -0.4 is 11.2 Å². The first kappa shape index (κ1) is 19.6. The summed E-state index contributed by atoms with van der Waals surface area (Å²) >= 11 is 0.